The molecule has 0 saturated carbocycles. The fourth-order valence-electron chi connectivity index (χ4n) is 3.50. The summed E-state index contributed by atoms with van der Waals surface area (Å²) < 4.78 is 11.6. The number of amides is 1. The summed E-state index contributed by atoms with van der Waals surface area (Å²) in [5.41, 5.74) is 2.76. The first-order valence-electron chi connectivity index (χ1n) is 10.4. The number of fused-ring (bicyclic) bond motifs is 1. The third kappa shape index (κ3) is 4.49. The minimum Gasteiger partial charge on any atom is -0.494 e. The van der Waals surface area contributed by atoms with E-state index in [1.165, 1.54) is 0 Å². The minimum absolute atomic E-state index is 0.0238. The Hall–Kier alpha value is -2.86. The quantitative estimate of drug-likeness (QED) is 0.460. The van der Waals surface area contributed by atoms with Crippen LogP contribution in [0, 0.1) is 0 Å². The van der Waals surface area contributed by atoms with Crippen LogP contribution in [0.5, 0.6) is 11.5 Å². The first-order valence-corrected chi connectivity index (χ1v) is 11.3. The molecule has 1 aliphatic rings. The second-order valence-corrected chi connectivity index (χ2v) is 8.27. The molecular weight excluding hydrogens is 396 g/mol. The molecule has 1 aromatic heterocycles. The van der Waals surface area contributed by atoms with Gasteiger partial charge in [0.2, 0.25) is 0 Å². The largest absolute Gasteiger partial charge is 0.494 e. The predicted octanol–water partition coefficient (Wildman–Crippen LogP) is 5.35. The van der Waals surface area contributed by atoms with Gasteiger partial charge in [-0.15, -0.1) is 11.3 Å². The lowest BCUT2D eigenvalue weighted by molar-refractivity contribution is -0.125. The summed E-state index contributed by atoms with van der Waals surface area (Å²) in [6.45, 7) is 5.08. The lowest BCUT2D eigenvalue weighted by atomic mass is 10.1. The van der Waals surface area contributed by atoms with Crippen LogP contribution < -0.4 is 14.4 Å². The Morgan fingerprint density at radius 2 is 2.03 bits per heavy atom. The number of benzene rings is 2. The average molecular weight is 423 g/mol. The van der Waals surface area contributed by atoms with Crippen molar-refractivity contribution in [3.05, 3.63) is 58.9 Å². The van der Waals surface area contributed by atoms with Crippen LogP contribution in [0.15, 0.2) is 53.9 Å². The maximum atomic E-state index is 12.8. The summed E-state index contributed by atoms with van der Waals surface area (Å²) in [4.78, 5) is 19.4. The van der Waals surface area contributed by atoms with Gasteiger partial charge in [0.15, 0.2) is 6.10 Å². The zero-order valence-corrected chi connectivity index (χ0v) is 18.2. The van der Waals surface area contributed by atoms with E-state index >= 15 is 0 Å². The van der Waals surface area contributed by atoms with Gasteiger partial charge in [0.1, 0.15) is 11.5 Å². The van der Waals surface area contributed by atoms with E-state index in [4.69, 9.17) is 14.5 Å². The van der Waals surface area contributed by atoms with E-state index in [9.17, 15) is 4.79 Å². The number of aromatic nitrogens is 1. The van der Waals surface area contributed by atoms with Crippen molar-refractivity contribution < 1.29 is 14.3 Å². The van der Waals surface area contributed by atoms with Gasteiger partial charge in [-0.3, -0.25) is 4.79 Å². The van der Waals surface area contributed by atoms with Crippen LogP contribution >= 0.6 is 11.3 Å². The zero-order chi connectivity index (χ0) is 20.9. The molecule has 4 rings (SSSR count). The van der Waals surface area contributed by atoms with Gasteiger partial charge < -0.3 is 14.4 Å². The van der Waals surface area contributed by atoms with E-state index < -0.39 is 6.10 Å². The molecule has 0 aliphatic carbocycles. The van der Waals surface area contributed by atoms with E-state index in [2.05, 4.69) is 12.3 Å². The summed E-state index contributed by atoms with van der Waals surface area (Å²) in [6, 6.07) is 15.7. The molecule has 0 radical (unpaired) electrons. The molecule has 1 atom stereocenters. The maximum absolute atomic E-state index is 12.8. The molecule has 1 amide bonds. The lowest BCUT2D eigenvalue weighted by Gasteiger charge is -2.33. The van der Waals surface area contributed by atoms with Gasteiger partial charge in [0, 0.05) is 17.5 Å². The fraction of sp³-hybridized carbons (Fsp3) is 0.333. The van der Waals surface area contributed by atoms with E-state index in [0.717, 1.165) is 52.7 Å². The van der Waals surface area contributed by atoms with Crippen LogP contribution in [0.25, 0.3) is 11.3 Å². The molecule has 0 spiro atoms. The van der Waals surface area contributed by atoms with Crippen molar-refractivity contribution in [2.24, 2.45) is 0 Å². The number of carbonyl (C=O) groups excluding carboxylic acids is 1. The standard InChI is InChI=1S/C24H26N2O3S/c1-3-8-23-25-20(16-30-23)18-11-12-22-21(15-18)26(24(27)17(2)29-22)13-7-14-28-19-9-5-4-6-10-19/h4-6,9-12,15-17H,3,7-8,13-14H2,1-2H3. The molecule has 0 bridgehead atoms. The molecule has 0 fully saturated rings. The Labute approximate surface area is 181 Å². The molecule has 30 heavy (non-hydrogen) atoms. The van der Waals surface area contributed by atoms with Crippen LogP contribution in [0.4, 0.5) is 5.69 Å². The summed E-state index contributed by atoms with van der Waals surface area (Å²) in [6.07, 6.45) is 2.31. The number of nitrogens with zero attached hydrogens (tertiary/aromatic N) is 2. The molecular formula is C24H26N2O3S. The number of hydrogen-bond donors (Lipinski definition) is 0. The highest BCUT2D eigenvalue weighted by Gasteiger charge is 2.31. The van der Waals surface area contributed by atoms with Gasteiger partial charge in [-0.2, -0.15) is 0 Å². The van der Waals surface area contributed by atoms with Crippen LogP contribution in [-0.4, -0.2) is 30.1 Å². The van der Waals surface area contributed by atoms with Crippen LogP contribution in [0.2, 0.25) is 0 Å². The zero-order valence-electron chi connectivity index (χ0n) is 17.3. The van der Waals surface area contributed by atoms with Crippen LogP contribution in [0.1, 0.15) is 31.7 Å². The minimum atomic E-state index is -0.492. The summed E-state index contributed by atoms with van der Waals surface area (Å²) in [7, 11) is 0. The highest BCUT2D eigenvalue weighted by atomic mass is 32.1. The fourth-order valence-corrected chi connectivity index (χ4v) is 4.41. The number of anilines is 1. The molecule has 0 saturated heterocycles. The Kier molecular flexibility index (Phi) is 6.33. The summed E-state index contributed by atoms with van der Waals surface area (Å²) in [5, 5.41) is 3.22. The Bertz CT molecular complexity index is 1000. The Morgan fingerprint density at radius 1 is 1.20 bits per heavy atom. The van der Waals surface area contributed by atoms with Gasteiger partial charge in [-0.25, -0.2) is 4.98 Å². The molecule has 6 heteroatoms. The number of rotatable bonds is 8. The second kappa shape index (κ2) is 9.30. The molecule has 3 aromatic rings. The number of para-hydroxylation sites is 1. The SMILES string of the molecule is CCCc1nc(-c2ccc3c(c2)N(CCCOc2ccccc2)C(=O)C(C)O3)cs1. The summed E-state index contributed by atoms with van der Waals surface area (Å²) in [5.74, 6) is 1.55. The highest BCUT2D eigenvalue weighted by Crippen LogP contribution is 2.38. The molecule has 5 nitrogen and oxygen atoms in total. The van der Waals surface area contributed by atoms with Crippen molar-refractivity contribution in [2.75, 3.05) is 18.1 Å². The second-order valence-electron chi connectivity index (χ2n) is 7.32. The summed E-state index contributed by atoms with van der Waals surface area (Å²) >= 11 is 1.68. The number of carbonyl (C=O) groups is 1. The maximum Gasteiger partial charge on any atom is 0.267 e. The Balaban J connectivity index is 1.50. The normalized spacial score (nSPS) is 15.6. The van der Waals surface area contributed by atoms with E-state index in [0.29, 0.717) is 13.2 Å². The number of ether oxygens (including phenoxy) is 2. The molecule has 156 valence electrons. The lowest BCUT2D eigenvalue weighted by Crippen LogP contribution is -2.45. The molecule has 2 aromatic carbocycles. The van der Waals surface area contributed by atoms with Crippen molar-refractivity contribution in [2.45, 2.75) is 39.2 Å². The number of thiazole rings is 1. The number of hydrogen-bond acceptors (Lipinski definition) is 5. The van der Waals surface area contributed by atoms with Crippen molar-refractivity contribution in [1.82, 2.24) is 4.98 Å². The molecule has 1 unspecified atom stereocenters. The van der Waals surface area contributed by atoms with Crippen LogP contribution in [-0.2, 0) is 11.2 Å². The Morgan fingerprint density at radius 3 is 2.83 bits per heavy atom. The van der Waals surface area contributed by atoms with Crippen molar-refractivity contribution >= 4 is 22.9 Å². The van der Waals surface area contributed by atoms with Gasteiger partial charge in [-0.05, 0) is 56.5 Å². The van der Waals surface area contributed by atoms with Crippen molar-refractivity contribution in [3.8, 4) is 22.8 Å². The van der Waals surface area contributed by atoms with Crippen molar-refractivity contribution in [1.29, 1.82) is 0 Å². The molecule has 2 heterocycles. The van der Waals surface area contributed by atoms with E-state index in [-0.39, 0.29) is 5.91 Å². The third-order valence-corrected chi connectivity index (χ3v) is 5.93. The van der Waals surface area contributed by atoms with Gasteiger partial charge in [0.25, 0.3) is 5.91 Å². The first kappa shape index (κ1) is 20.4. The average Bonchev–Trinajstić information content (AvgIpc) is 3.23. The topological polar surface area (TPSA) is 51.7 Å². The van der Waals surface area contributed by atoms with Crippen molar-refractivity contribution in [3.63, 3.8) is 0 Å². The molecule has 0 N–H and O–H groups in total. The van der Waals surface area contributed by atoms with E-state index in [1.807, 2.05) is 53.4 Å². The van der Waals surface area contributed by atoms with Gasteiger partial charge in [-0.1, -0.05) is 25.1 Å². The van der Waals surface area contributed by atoms with E-state index in [1.54, 1.807) is 18.3 Å². The third-order valence-electron chi connectivity index (χ3n) is 5.02. The van der Waals surface area contributed by atoms with Crippen LogP contribution in [0.3, 0.4) is 0 Å². The predicted molar refractivity (Wildman–Crippen MR) is 121 cm³/mol. The first-order chi connectivity index (χ1) is 14.7. The number of aryl methyl sites for hydroxylation is 1. The smallest absolute Gasteiger partial charge is 0.267 e. The highest BCUT2D eigenvalue weighted by molar-refractivity contribution is 7.09. The molecule has 1 aliphatic heterocycles. The van der Waals surface area contributed by atoms with Gasteiger partial charge >= 0.3 is 0 Å². The monoisotopic (exact) mass is 422 g/mol. The van der Waals surface area contributed by atoms with Gasteiger partial charge in [0.05, 0.1) is 23.0 Å².